The molecule has 3 nitrogen and oxygen atoms in total. The van der Waals surface area contributed by atoms with E-state index in [2.05, 4.69) is 14.9 Å². The number of aromatic nitrogens is 2. The second-order valence-corrected chi connectivity index (χ2v) is 7.02. The summed E-state index contributed by atoms with van der Waals surface area (Å²) in [7, 11) is 0. The number of benzene rings is 1. The second-order valence-electron chi connectivity index (χ2n) is 5.87. The maximum absolute atomic E-state index is 13.9. The highest BCUT2D eigenvalue weighted by Gasteiger charge is 2.28. The summed E-state index contributed by atoms with van der Waals surface area (Å²) < 4.78 is 26.9. The van der Waals surface area contributed by atoms with Crippen molar-refractivity contribution in [3.8, 4) is 11.4 Å². The topological polar surface area (TPSA) is 31.9 Å². The lowest BCUT2D eigenvalue weighted by molar-refractivity contribution is 0.191. The molecule has 2 aliphatic rings. The molecule has 116 valence electrons. The molecule has 0 aliphatic carbocycles. The van der Waals surface area contributed by atoms with Crippen molar-refractivity contribution in [1.82, 2.24) is 14.9 Å². The van der Waals surface area contributed by atoms with Crippen LogP contribution >= 0.6 is 11.8 Å². The first-order valence-electron chi connectivity index (χ1n) is 7.55. The van der Waals surface area contributed by atoms with Crippen LogP contribution in [0.2, 0.25) is 0 Å². The van der Waals surface area contributed by atoms with Crippen molar-refractivity contribution in [3.63, 3.8) is 0 Å². The van der Waals surface area contributed by atoms with Crippen LogP contribution in [0.3, 0.4) is 0 Å². The Morgan fingerprint density at radius 1 is 1.32 bits per heavy atom. The number of aromatic amines is 1. The summed E-state index contributed by atoms with van der Waals surface area (Å²) >= 11 is 2.01. The average Bonchev–Trinajstić information content (AvgIpc) is 3.15. The van der Waals surface area contributed by atoms with Gasteiger partial charge in [-0.1, -0.05) is 0 Å². The fraction of sp³-hybridized carbons (Fsp3) is 0.438. The molecule has 22 heavy (non-hydrogen) atoms. The first-order chi connectivity index (χ1) is 10.7. The van der Waals surface area contributed by atoms with E-state index in [0.29, 0.717) is 17.4 Å². The molecule has 2 aromatic rings. The lowest BCUT2D eigenvalue weighted by atomic mass is 10.1. The van der Waals surface area contributed by atoms with Gasteiger partial charge < -0.3 is 4.98 Å². The number of thioether (sulfide) groups is 1. The Kier molecular flexibility index (Phi) is 3.66. The molecule has 0 unspecified atom stereocenters. The van der Waals surface area contributed by atoms with Crippen LogP contribution in [-0.4, -0.2) is 39.0 Å². The Morgan fingerprint density at radius 2 is 2.23 bits per heavy atom. The molecule has 6 heteroatoms. The van der Waals surface area contributed by atoms with Crippen molar-refractivity contribution >= 4 is 11.8 Å². The molecule has 1 N–H and O–H groups in total. The number of hydrogen-bond donors (Lipinski definition) is 1. The van der Waals surface area contributed by atoms with Crippen molar-refractivity contribution in [2.45, 2.75) is 25.4 Å². The van der Waals surface area contributed by atoms with Gasteiger partial charge in [0.05, 0.1) is 17.0 Å². The number of nitrogens with one attached hydrogen (secondary N) is 1. The molecule has 1 fully saturated rings. The van der Waals surface area contributed by atoms with Crippen molar-refractivity contribution < 1.29 is 8.78 Å². The van der Waals surface area contributed by atoms with Gasteiger partial charge in [0, 0.05) is 37.4 Å². The number of nitrogens with zero attached hydrogens (tertiary/aromatic N) is 2. The maximum atomic E-state index is 13.9. The fourth-order valence-corrected chi connectivity index (χ4v) is 4.50. The lowest BCUT2D eigenvalue weighted by Gasteiger charge is -2.31. The molecule has 0 radical (unpaired) electrons. The summed E-state index contributed by atoms with van der Waals surface area (Å²) in [6.45, 7) is 1.85. The highest BCUT2D eigenvalue weighted by atomic mass is 32.2. The van der Waals surface area contributed by atoms with Crippen molar-refractivity contribution in [1.29, 1.82) is 0 Å². The first-order valence-corrected chi connectivity index (χ1v) is 8.71. The summed E-state index contributed by atoms with van der Waals surface area (Å²) in [5.41, 5.74) is 2.42. The van der Waals surface area contributed by atoms with E-state index in [-0.39, 0.29) is 0 Å². The highest BCUT2D eigenvalue weighted by molar-refractivity contribution is 7.99. The molecule has 1 aromatic heterocycles. The fourth-order valence-electron chi connectivity index (χ4n) is 3.25. The Balaban J connectivity index is 1.60. The number of H-pyrrole nitrogens is 1. The van der Waals surface area contributed by atoms with E-state index in [1.807, 2.05) is 11.8 Å². The molecule has 0 spiro atoms. The van der Waals surface area contributed by atoms with Crippen LogP contribution in [-0.2, 0) is 13.0 Å². The Labute approximate surface area is 132 Å². The van der Waals surface area contributed by atoms with E-state index in [9.17, 15) is 8.78 Å². The standard InChI is InChI=1S/C16H17F2N3S/c17-10-1-2-12(13(18)7-10)16-19-14-3-5-21(8-15(14)20-16)11-4-6-22-9-11/h1-2,7,11H,3-6,8-9H2,(H,19,20)/t11-/m1/s1. The van der Waals surface area contributed by atoms with Gasteiger partial charge in [-0.25, -0.2) is 13.8 Å². The summed E-state index contributed by atoms with van der Waals surface area (Å²) in [4.78, 5) is 10.3. The summed E-state index contributed by atoms with van der Waals surface area (Å²) in [5, 5.41) is 0. The number of fused-ring (bicyclic) bond motifs is 1. The Hall–Kier alpha value is -1.40. The average molecular weight is 321 g/mol. The molecule has 4 rings (SSSR count). The van der Waals surface area contributed by atoms with Crippen LogP contribution in [0.5, 0.6) is 0 Å². The highest BCUT2D eigenvalue weighted by Crippen LogP contribution is 2.29. The molecule has 1 saturated heterocycles. The van der Waals surface area contributed by atoms with Crippen LogP contribution in [0.15, 0.2) is 18.2 Å². The molecule has 2 aliphatic heterocycles. The van der Waals surface area contributed by atoms with E-state index in [0.717, 1.165) is 37.0 Å². The second kappa shape index (κ2) is 5.66. The SMILES string of the molecule is Fc1ccc(-c2nc3c([nH]2)CN([C@@H]2CCSC2)CC3)c(F)c1. The number of halogens is 2. The van der Waals surface area contributed by atoms with Crippen LogP contribution < -0.4 is 0 Å². The predicted molar refractivity (Wildman–Crippen MR) is 83.8 cm³/mol. The molecule has 1 aromatic carbocycles. The van der Waals surface area contributed by atoms with E-state index in [1.54, 1.807) is 0 Å². The van der Waals surface area contributed by atoms with Crippen molar-refractivity contribution in [3.05, 3.63) is 41.2 Å². The number of hydrogen-bond acceptors (Lipinski definition) is 3. The van der Waals surface area contributed by atoms with Gasteiger partial charge in [0.1, 0.15) is 17.5 Å². The number of imidazole rings is 1. The summed E-state index contributed by atoms with van der Waals surface area (Å²) in [5.74, 6) is 1.80. The van der Waals surface area contributed by atoms with Crippen LogP contribution in [0.1, 0.15) is 17.8 Å². The number of rotatable bonds is 2. The normalized spacial score (nSPS) is 22.0. The van der Waals surface area contributed by atoms with E-state index >= 15 is 0 Å². The molecule has 0 saturated carbocycles. The maximum Gasteiger partial charge on any atom is 0.140 e. The molecular formula is C16H17F2N3S. The Morgan fingerprint density at radius 3 is 3.00 bits per heavy atom. The van der Waals surface area contributed by atoms with E-state index in [4.69, 9.17) is 0 Å². The molecule has 1 atom stereocenters. The van der Waals surface area contributed by atoms with Crippen molar-refractivity contribution in [2.24, 2.45) is 0 Å². The first kappa shape index (κ1) is 14.2. The zero-order chi connectivity index (χ0) is 15.1. The van der Waals surface area contributed by atoms with Gasteiger partial charge in [-0.15, -0.1) is 0 Å². The summed E-state index contributed by atoms with van der Waals surface area (Å²) in [6.07, 6.45) is 2.13. The van der Waals surface area contributed by atoms with Crippen LogP contribution in [0.25, 0.3) is 11.4 Å². The zero-order valence-corrected chi connectivity index (χ0v) is 12.9. The smallest absolute Gasteiger partial charge is 0.140 e. The van der Waals surface area contributed by atoms with E-state index in [1.165, 1.54) is 30.1 Å². The third-order valence-corrected chi connectivity index (χ3v) is 5.61. The quantitative estimate of drug-likeness (QED) is 0.922. The minimum Gasteiger partial charge on any atom is -0.340 e. The van der Waals surface area contributed by atoms with Gasteiger partial charge in [-0.3, -0.25) is 4.90 Å². The Bertz CT molecular complexity index is 695. The van der Waals surface area contributed by atoms with Crippen LogP contribution in [0, 0.1) is 11.6 Å². The molecule has 0 amide bonds. The van der Waals surface area contributed by atoms with Gasteiger partial charge in [-0.2, -0.15) is 11.8 Å². The molecule has 0 bridgehead atoms. The minimum atomic E-state index is -0.574. The minimum absolute atomic E-state index is 0.332. The third-order valence-electron chi connectivity index (χ3n) is 4.47. The van der Waals surface area contributed by atoms with Gasteiger partial charge in [0.25, 0.3) is 0 Å². The third kappa shape index (κ3) is 2.54. The largest absolute Gasteiger partial charge is 0.340 e. The van der Waals surface area contributed by atoms with Gasteiger partial charge in [0.2, 0.25) is 0 Å². The molecule has 3 heterocycles. The van der Waals surface area contributed by atoms with Crippen molar-refractivity contribution in [2.75, 3.05) is 18.1 Å². The monoisotopic (exact) mass is 321 g/mol. The van der Waals surface area contributed by atoms with Gasteiger partial charge >= 0.3 is 0 Å². The lowest BCUT2D eigenvalue weighted by Crippen LogP contribution is -2.39. The zero-order valence-electron chi connectivity index (χ0n) is 12.1. The molecular weight excluding hydrogens is 304 g/mol. The summed E-state index contributed by atoms with van der Waals surface area (Å²) in [6, 6.07) is 4.26. The van der Waals surface area contributed by atoms with E-state index < -0.39 is 11.6 Å². The van der Waals surface area contributed by atoms with Crippen LogP contribution in [0.4, 0.5) is 8.78 Å². The van der Waals surface area contributed by atoms with Gasteiger partial charge in [-0.05, 0) is 24.3 Å². The predicted octanol–water partition coefficient (Wildman–Crippen LogP) is 3.22. The van der Waals surface area contributed by atoms with Gasteiger partial charge in [0.15, 0.2) is 0 Å².